The molecule has 0 saturated carbocycles. The Balaban J connectivity index is 2.25. The van der Waals surface area contributed by atoms with Gasteiger partial charge in [0.15, 0.2) is 5.82 Å². The van der Waals surface area contributed by atoms with Crippen molar-refractivity contribution in [2.45, 2.75) is 13.3 Å². The van der Waals surface area contributed by atoms with E-state index in [9.17, 15) is 4.79 Å². The second-order valence-electron chi connectivity index (χ2n) is 3.80. The molecule has 2 aromatic rings. The maximum absolute atomic E-state index is 12.1. The van der Waals surface area contributed by atoms with Crippen LogP contribution in [0.15, 0.2) is 42.6 Å². The van der Waals surface area contributed by atoms with Crippen LogP contribution in [0.25, 0.3) is 0 Å². The molecule has 0 atom stereocenters. The van der Waals surface area contributed by atoms with Crippen molar-refractivity contribution in [2.24, 2.45) is 0 Å². The van der Waals surface area contributed by atoms with E-state index in [2.05, 4.69) is 10.3 Å². The van der Waals surface area contributed by atoms with Crippen LogP contribution in [0.4, 0.5) is 5.82 Å². The first kappa shape index (κ1) is 12.6. The average molecular weight is 261 g/mol. The molecule has 2 rings (SSSR count). The van der Waals surface area contributed by atoms with Gasteiger partial charge in [0, 0.05) is 11.8 Å². The Kier molecular flexibility index (Phi) is 3.95. The maximum atomic E-state index is 12.1. The van der Waals surface area contributed by atoms with Gasteiger partial charge in [-0.15, -0.1) is 0 Å². The van der Waals surface area contributed by atoms with E-state index in [-0.39, 0.29) is 5.91 Å². The summed E-state index contributed by atoms with van der Waals surface area (Å²) in [6.45, 7) is 2.01. The monoisotopic (exact) mass is 260 g/mol. The summed E-state index contributed by atoms with van der Waals surface area (Å²) in [5.41, 5.74) is 1.66. The number of aryl methyl sites for hydroxylation is 1. The van der Waals surface area contributed by atoms with Crippen LogP contribution in [0.3, 0.4) is 0 Å². The van der Waals surface area contributed by atoms with Gasteiger partial charge in [0.05, 0.1) is 5.02 Å². The average Bonchev–Trinajstić information content (AvgIpc) is 2.41. The van der Waals surface area contributed by atoms with Gasteiger partial charge in [-0.25, -0.2) is 4.98 Å². The number of nitrogens with one attached hydrogen (secondary N) is 1. The highest BCUT2D eigenvalue weighted by Gasteiger charge is 2.11. The minimum atomic E-state index is -0.187. The van der Waals surface area contributed by atoms with E-state index < -0.39 is 0 Å². The Morgan fingerprint density at radius 3 is 2.78 bits per heavy atom. The van der Waals surface area contributed by atoms with Crippen molar-refractivity contribution >= 4 is 23.3 Å². The smallest absolute Gasteiger partial charge is 0.257 e. The van der Waals surface area contributed by atoms with Crippen LogP contribution < -0.4 is 5.32 Å². The highest BCUT2D eigenvalue weighted by Crippen LogP contribution is 2.19. The predicted molar refractivity (Wildman–Crippen MR) is 73.0 cm³/mol. The highest BCUT2D eigenvalue weighted by atomic mass is 35.5. The molecule has 0 aliphatic rings. The third-order valence-electron chi connectivity index (χ3n) is 2.63. The lowest BCUT2D eigenvalue weighted by Gasteiger charge is -2.09. The van der Waals surface area contributed by atoms with Crippen molar-refractivity contribution in [1.82, 2.24) is 4.98 Å². The van der Waals surface area contributed by atoms with E-state index >= 15 is 0 Å². The molecular weight excluding hydrogens is 248 g/mol. The number of halogens is 1. The van der Waals surface area contributed by atoms with E-state index in [1.807, 2.05) is 25.1 Å². The minimum Gasteiger partial charge on any atom is -0.305 e. The van der Waals surface area contributed by atoms with Gasteiger partial charge in [-0.3, -0.25) is 4.79 Å². The Morgan fingerprint density at radius 1 is 1.28 bits per heavy atom. The molecule has 0 spiro atoms. The third-order valence-corrected chi connectivity index (χ3v) is 2.94. The van der Waals surface area contributed by atoms with Crippen molar-refractivity contribution < 1.29 is 4.79 Å². The topological polar surface area (TPSA) is 42.0 Å². The van der Waals surface area contributed by atoms with E-state index in [1.165, 1.54) is 0 Å². The number of anilines is 1. The zero-order valence-corrected chi connectivity index (χ0v) is 10.7. The Bertz CT molecular complexity index is 569. The first-order valence-electron chi connectivity index (χ1n) is 5.72. The lowest BCUT2D eigenvalue weighted by Crippen LogP contribution is -2.15. The highest BCUT2D eigenvalue weighted by molar-refractivity contribution is 6.33. The van der Waals surface area contributed by atoms with Crippen molar-refractivity contribution in [3.8, 4) is 0 Å². The molecule has 1 heterocycles. The summed E-state index contributed by atoms with van der Waals surface area (Å²) in [5, 5.41) is 3.15. The molecule has 0 aliphatic heterocycles. The zero-order valence-electron chi connectivity index (χ0n) is 9.98. The fraction of sp³-hybridized carbons (Fsp3) is 0.143. The van der Waals surface area contributed by atoms with Gasteiger partial charge in [0.1, 0.15) is 0 Å². The number of carbonyl (C=O) groups excluding carboxylic acids is 1. The molecule has 4 heteroatoms. The van der Waals surface area contributed by atoms with Gasteiger partial charge in [-0.1, -0.05) is 36.7 Å². The fourth-order valence-electron chi connectivity index (χ4n) is 1.70. The van der Waals surface area contributed by atoms with Crippen LogP contribution in [-0.2, 0) is 6.42 Å². The van der Waals surface area contributed by atoms with Crippen molar-refractivity contribution in [2.75, 3.05) is 5.32 Å². The molecule has 18 heavy (non-hydrogen) atoms. The number of aromatic nitrogens is 1. The molecule has 1 amide bonds. The molecular formula is C14H13ClN2O. The van der Waals surface area contributed by atoms with Crippen LogP contribution in [0.5, 0.6) is 0 Å². The SMILES string of the molecule is CCc1ccccc1C(=O)Nc1ncccc1Cl. The van der Waals surface area contributed by atoms with Gasteiger partial charge in [-0.05, 0) is 30.2 Å². The summed E-state index contributed by atoms with van der Waals surface area (Å²) < 4.78 is 0. The summed E-state index contributed by atoms with van der Waals surface area (Å²) in [4.78, 5) is 16.2. The maximum Gasteiger partial charge on any atom is 0.257 e. The Morgan fingerprint density at radius 2 is 2.06 bits per heavy atom. The lowest BCUT2D eigenvalue weighted by atomic mass is 10.0. The summed E-state index contributed by atoms with van der Waals surface area (Å²) >= 11 is 5.95. The number of rotatable bonds is 3. The van der Waals surface area contributed by atoms with Crippen molar-refractivity contribution in [1.29, 1.82) is 0 Å². The van der Waals surface area contributed by atoms with E-state index in [0.717, 1.165) is 12.0 Å². The van der Waals surface area contributed by atoms with Crippen LogP contribution in [0.1, 0.15) is 22.8 Å². The summed E-state index contributed by atoms with van der Waals surface area (Å²) in [6.07, 6.45) is 2.40. The minimum absolute atomic E-state index is 0.187. The third kappa shape index (κ3) is 2.68. The summed E-state index contributed by atoms with van der Waals surface area (Å²) in [7, 11) is 0. The number of hydrogen-bond acceptors (Lipinski definition) is 2. The van der Waals surface area contributed by atoms with E-state index in [4.69, 9.17) is 11.6 Å². The van der Waals surface area contributed by atoms with Crippen LogP contribution in [-0.4, -0.2) is 10.9 Å². The summed E-state index contributed by atoms with van der Waals surface area (Å²) in [6, 6.07) is 10.9. The number of pyridine rings is 1. The van der Waals surface area contributed by atoms with Gasteiger partial charge >= 0.3 is 0 Å². The fourth-order valence-corrected chi connectivity index (χ4v) is 1.87. The van der Waals surface area contributed by atoms with Crippen LogP contribution in [0.2, 0.25) is 5.02 Å². The molecule has 3 nitrogen and oxygen atoms in total. The number of carbonyl (C=O) groups is 1. The quantitative estimate of drug-likeness (QED) is 0.917. The number of amides is 1. The first-order chi connectivity index (χ1) is 8.72. The first-order valence-corrected chi connectivity index (χ1v) is 6.10. The lowest BCUT2D eigenvalue weighted by molar-refractivity contribution is 0.102. The van der Waals surface area contributed by atoms with Crippen LogP contribution in [0, 0.1) is 0 Å². The van der Waals surface area contributed by atoms with E-state index in [0.29, 0.717) is 16.4 Å². The molecule has 0 fully saturated rings. The number of hydrogen-bond donors (Lipinski definition) is 1. The van der Waals surface area contributed by atoms with Crippen molar-refractivity contribution in [3.63, 3.8) is 0 Å². The Hall–Kier alpha value is -1.87. The molecule has 1 N–H and O–H groups in total. The van der Waals surface area contributed by atoms with Gasteiger partial charge in [0.25, 0.3) is 5.91 Å². The second kappa shape index (κ2) is 5.65. The largest absolute Gasteiger partial charge is 0.305 e. The molecule has 1 aromatic heterocycles. The number of benzene rings is 1. The van der Waals surface area contributed by atoms with Crippen LogP contribution >= 0.6 is 11.6 Å². The number of nitrogens with zero attached hydrogens (tertiary/aromatic N) is 1. The molecule has 0 bridgehead atoms. The molecule has 1 aromatic carbocycles. The standard InChI is InChI=1S/C14H13ClN2O/c1-2-10-6-3-4-7-11(10)14(18)17-13-12(15)8-5-9-16-13/h3-9H,2H2,1H3,(H,16,17,18). The molecule has 0 radical (unpaired) electrons. The summed E-state index contributed by atoms with van der Waals surface area (Å²) in [5.74, 6) is 0.197. The molecule has 0 saturated heterocycles. The van der Waals surface area contributed by atoms with Gasteiger partial charge < -0.3 is 5.32 Å². The zero-order chi connectivity index (χ0) is 13.0. The van der Waals surface area contributed by atoms with Crippen molar-refractivity contribution in [3.05, 3.63) is 58.7 Å². The molecule has 92 valence electrons. The van der Waals surface area contributed by atoms with Gasteiger partial charge in [-0.2, -0.15) is 0 Å². The Labute approximate surface area is 111 Å². The normalized spacial score (nSPS) is 10.1. The molecule has 0 unspecified atom stereocenters. The van der Waals surface area contributed by atoms with Gasteiger partial charge in [0.2, 0.25) is 0 Å². The van der Waals surface area contributed by atoms with E-state index in [1.54, 1.807) is 24.4 Å². The molecule has 0 aliphatic carbocycles. The second-order valence-corrected chi connectivity index (χ2v) is 4.21. The predicted octanol–water partition coefficient (Wildman–Crippen LogP) is 3.55.